The van der Waals surface area contributed by atoms with Crippen molar-refractivity contribution in [3.05, 3.63) is 30.5 Å². The Kier molecular flexibility index (Phi) is 2.13. The third kappa shape index (κ3) is 1.70. The van der Waals surface area contributed by atoms with Crippen molar-refractivity contribution in [3.8, 4) is 0 Å². The maximum atomic E-state index is 5.61. The standard InChI is InChI=1S/C10H11N3S/c1-6(2)12-7-3-4-9-8(5-7)13-10(11)14-9/h3-5,12H,1H2,2H3,(H2,11,13). The molecule has 4 heteroatoms. The summed E-state index contributed by atoms with van der Waals surface area (Å²) in [5.41, 5.74) is 8.45. The number of nitrogens with zero attached hydrogens (tertiary/aromatic N) is 1. The zero-order valence-electron chi connectivity index (χ0n) is 7.87. The Morgan fingerprint density at radius 1 is 1.57 bits per heavy atom. The Labute approximate surface area is 86.3 Å². The van der Waals surface area contributed by atoms with Crippen LogP contribution in [0.25, 0.3) is 10.2 Å². The number of hydrogen-bond donors (Lipinski definition) is 2. The van der Waals surface area contributed by atoms with Gasteiger partial charge in [0.2, 0.25) is 0 Å². The molecular formula is C10H11N3S. The summed E-state index contributed by atoms with van der Waals surface area (Å²) in [7, 11) is 0. The number of allylic oxidation sites excluding steroid dienone is 1. The third-order valence-electron chi connectivity index (χ3n) is 1.76. The van der Waals surface area contributed by atoms with E-state index in [0.717, 1.165) is 21.6 Å². The van der Waals surface area contributed by atoms with E-state index in [2.05, 4.69) is 16.9 Å². The van der Waals surface area contributed by atoms with Gasteiger partial charge in [0.05, 0.1) is 10.2 Å². The highest BCUT2D eigenvalue weighted by Gasteiger charge is 2.01. The maximum absolute atomic E-state index is 5.61. The topological polar surface area (TPSA) is 50.9 Å². The van der Waals surface area contributed by atoms with Gasteiger partial charge in [0, 0.05) is 11.4 Å². The van der Waals surface area contributed by atoms with E-state index in [1.165, 1.54) is 11.3 Å². The quantitative estimate of drug-likeness (QED) is 0.792. The summed E-state index contributed by atoms with van der Waals surface area (Å²) in [6.07, 6.45) is 0. The second-order valence-corrected chi connectivity index (χ2v) is 4.20. The Morgan fingerprint density at radius 2 is 2.36 bits per heavy atom. The molecule has 0 amide bonds. The van der Waals surface area contributed by atoms with Crippen molar-refractivity contribution in [2.24, 2.45) is 0 Å². The van der Waals surface area contributed by atoms with Crippen LogP contribution in [0.5, 0.6) is 0 Å². The number of nitrogens with two attached hydrogens (primary N) is 1. The molecule has 0 saturated heterocycles. The summed E-state index contributed by atoms with van der Waals surface area (Å²) >= 11 is 1.50. The predicted octanol–water partition coefficient (Wildman–Crippen LogP) is 2.82. The molecule has 3 N–H and O–H groups in total. The normalized spacial score (nSPS) is 10.4. The zero-order chi connectivity index (χ0) is 10.1. The summed E-state index contributed by atoms with van der Waals surface area (Å²) in [5, 5.41) is 3.74. The summed E-state index contributed by atoms with van der Waals surface area (Å²) in [6, 6.07) is 5.97. The summed E-state index contributed by atoms with van der Waals surface area (Å²) < 4.78 is 1.11. The smallest absolute Gasteiger partial charge is 0.181 e. The first kappa shape index (κ1) is 9.02. The molecular weight excluding hydrogens is 194 g/mol. The van der Waals surface area contributed by atoms with E-state index in [1.54, 1.807) is 0 Å². The molecule has 1 aromatic heterocycles. The lowest BCUT2D eigenvalue weighted by Gasteiger charge is -2.03. The second-order valence-electron chi connectivity index (χ2n) is 3.14. The number of hydrogen-bond acceptors (Lipinski definition) is 4. The SMILES string of the molecule is C=C(C)Nc1ccc2sc(N)nc2c1. The van der Waals surface area contributed by atoms with Gasteiger partial charge in [-0.15, -0.1) is 0 Å². The number of rotatable bonds is 2. The van der Waals surface area contributed by atoms with Crippen LogP contribution >= 0.6 is 11.3 Å². The van der Waals surface area contributed by atoms with Crippen molar-refractivity contribution >= 4 is 32.4 Å². The number of benzene rings is 1. The molecule has 1 aromatic carbocycles. The van der Waals surface area contributed by atoms with E-state index in [4.69, 9.17) is 5.73 Å². The Bertz CT molecular complexity index is 487. The molecule has 0 bridgehead atoms. The number of fused-ring (bicyclic) bond motifs is 1. The molecule has 2 rings (SSSR count). The molecule has 1 heterocycles. The lowest BCUT2D eigenvalue weighted by Crippen LogP contribution is -1.92. The van der Waals surface area contributed by atoms with Crippen LogP contribution < -0.4 is 11.1 Å². The molecule has 0 fully saturated rings. The Hall–Kier alpha value is -1.55. The van der Waals surface area contributed by atoms with Crippen molar-refractivity contribution in [1.29, 1.82) is 0 Å². The van der Waals surface area contributed by atoms with Gasteiger partial charge in [-0.25, -0.2) is 4.98 Å². The molecule has 0 unspecified atom stereocenters. The van der Waals surface area contributed by atoms with E-state index in [9.17, 15) is 0 Å². The summed E-state index contributed by atoms with van der Waals surface area (Å²) in [5.74, 6) is 0. The first-order valence-corrected chi connectivity index (χ1v) is 5.05. The number of nitrogen functional groups attached to an aromatic ring is 1. The van der Waals surface area contributed by atoms with E-state index in [-0.39, 0.29) is 0 Å². The number of aromatic nitrogens is 1. The molecule has 0 radical (unpaired) electrons. The van der Waals surface area contributed by atoms with E-state index >= 15 is 0 Å². The predicted molar refractivity (Wildman–Crippen MR) is 62.5 cm³/mol. The minimum atomic E-state index is 0.604. The minimum Gasteiger partial charge on any atom is -0.375 e. The molecule has 0 aliphatic heterocycles. The molecule has 2 aromatic rings. The molecule has 0 aliphatic carbocycles. The third-order valence-corrected chi connectivity index (χ3v) is 2.63. The minimum absolute atomic E-state index is 0.604. The van der Waals surface area contributed by atoms with Gasteiger partial charge < -0.3 is 11.1 Å². The monoisotopic (exact) mass is 205 g/mol. The van der Waals surface area contributed by atoms with Crippen LogP contribution in [0.2, 0.25) is 0 Å². The van der Waals surface area contributed by atoms with E-state index < -0.39 is 0 Å². The largest absolute Gasteiger partial charge is 0.375 e. The molecule has 72 valence electrons. The number of anilines is 2. The Morgan fingerprint density at radius 3 is 3.07 bits per heavy atom. The van der Waals surface area contributed by atoms with Gasteiger partial charge in [-0.2, -0.15) is 0 Å². The van der Waals surface area contributed by atoms with Gasteiger partial charge >= 0.3 is 0 Å². The van der Waals surface area contributed by atoms with Gasteiger partial charge in [0.1, 0.15) is 0 Å². The van der Waals surface area contributed by atoms with Crippen molar-refractivity contribution in [1.82, 2.24) is 4.98 Å². The lowest BCUT2D eigenvalue weighted by atomic mass is 10.3. The van der Waals surface area contributed by atoms with Crippen molar-refractivity contribution < 1.29 is 0 Å². The van der Waals surface area contributed by atoms with Crippen molar-refractivity contribution in [3.63, 3.8) is 0 Å². The van der Waals surface area contributed by atoms with E-state index in [0.29, 0.717) is 5.13 Å². The van der Waals surface area contributed by atoms with Crippen LogP contribution in [0, 0.1) is 0 Å². The van der Waals surface area contributed by atoms with Crippen LogP contribution in [0.15, 0.2) is 30.5 Å². The summed E-state index contributed by atoms with van der Waals surface area (Å²) in [6.45, 7) is 5.70. The Balaban J connectivity index is 2.45. The van der Waals surface area contributed by atoms with Crippen LogP contribution in [-0.4, -0.2) is 4.98 Å². The highest BCUT2D eigenvalue weighted by Crippen LogP contribution is 2.26. The fourth-order valence-corrected chi connectivity index (χ4v) is 1.98. The van der Waals surface area contributed by atoms with Gasteiger partial charge in [0.15, 0.2) is 5.13 Å². The highest BCUT2D eigenvalue weighted by molar-refractivity contribution is 7.22. The second kappa shape index (κ2) is 3.31. The molecule has 0 saturated carbocycles. The van der Waals surface area contributed by atoms with Crippen LogP contribution in [-0.2, 0) is 0 Å². The summed E-state index contributed by atoms with van der Waals surface area (Å²) in [4.78, 5) is 4.21. The van der Waals surface area contributed by atoms with Gasteiger partial charge in [-0.1, -0.05) is 17.9 Å². The molecule has 3 nitrogen and oxygen atoms in total. The van der Waals surface area contributed by atoms with E-state index in [1.807, 2.05) is 25.1 Å². The average Bonchev–Trinajstić information content (AvgIpc) is 2.42. The molecule has 0 atom stereocenters. The van der Waals surface area contributed by atoms with Crippen molar-refractivity contribution in [2.45, 2.75) is 6.92 Å². The number of nitrogens with one attached hydrogen (secondary N) is 1. The fourth-order valence-electron chi connectivity index (χ4n) is 1.27. The van der Waals surface area contributed by atoms with Crippen LogP contribution in [0.3, 0.4) is 0 Å². The van der Waals surface area contributed by atoms with Crippen molar-refractivity contribution in [2.75, 3.05) is 11.1 Å². The average molecular weight is 205 g/mol. The number of thiazole rings is 1. The first-order valence-electron chi connectivity index (χ1n) is 4.24. The van der Waals surface area contributed by atoms with Gasteiger partial charge in [-0.05, 0) is 25.1 Å². The van der Waals surface area contributed by atoms with Gasteiger partial charge in [-0.3, -0.25) is 0 Å². The first-order chi connectivity index (χ1) is 6.65. The molecule has 0 spiro atoms. The zero-order valence-corrected chi connectivity index (χ0v) is 8.69. The molecule has 0 aliphatic rings. The fraction of sp³-hybridized carbons (Fsp3) is 0.100. The van der Waals surface area contributed by atoms with Crippen LogP contribution in [0.1, 0.15) is 6.92 Å². The highest BCUT2D eigenvalue weighted by atomic mass is 32.1. The van der Waals surface area contributed by atoms with Crippen LogP contribution in [0.4, 0.5) is 10.8 Å². The maximum Gasteiger partial charge on any atom is 0.181 e. The van der Waals surface area contributed by atoms with Gasteiger partial charge in [0.25, 0.3) is 0 Å². The molecule has 14 heavy (non-hydrogen) atoms. The lowest BCUT2D eigenvalue weighted by molar-refractivity contribution is 1.40.